The SMILES string of the molecule is CN1CCNCC(C)(O)C1. The van der Waals surface area contributed by atoms with E-state index in [1.54, 1.807) is 0 Å². The second-order valence-corrected chi connectivity index (χ2v) is 3.41. The third kappa shape index (κ3) is 2.25. The van der Waals surface area contributed by atoms with Crippen molar-refractivity contribution >= 4 is 0 Å². The fraction of sp³-hybridized carbons (Fsp3) is 1.00. The molecular weight excluding hydrogens is 128 g/mol. The first-order valence-electron chi connectivity index (χ1n) is 3.72. The molecule has 0 aliphatic carbocycles. The first-order chi connectivity index (χ1) is 4.60. The van der Waals surface area contributed by atoms with E-state index in [4.69, 9.17) is 0 Å². The molecule has 3 nitrogen and oxygen atoms in total. The largest absolute Gasteiger partial charge is 0.388 e. The smallest absolute Gasteiger partial charge is 0.0869 e. The fourth-order valence-corrected chi connectivity index (χ4v) is 1.34. The minimum absolute atomic E-state index is 0.550. The predicted molar refractivity (Wildman–Crippen MR) is 41.0 cm³/mol. The molecule has 0 bridgehead atoms. The molecule has 0 aromatic heterocycles. The molecular formula is C7H16N2O. The third-order valence-electron chi connectivity index (χ3n) is 1.79. The number of aliphatic hydroxyl groups is 1. The topological polar surface area (TPSA) is 35.5 Å². The van der Waals surface area contributed by atoms with Gasteiger partial charge in [-0.15, -0.1) is 0 Å². The second kappa shape index (κ2) is 2.86. The second-order valence-electron chi connectivity index (χ2n) is 3.41. The van der Waals surface area contributed by atoms with Crippen LogP contribution in [0.4, 0.5) is 0 Å². The van der Waals surface area contributed by atoms with Crippen LogP contribution in [0.3, 0.4) is 0 Å². The lowest BCUT2D eigenvalue weighted by molar-refractivity contribution is 0.0410. The molecule has 0 aromatic carbocycles. The standard InChI is InChI=1S/C7H16N2O/c1-7(10)5-8-3-4-9(2)6-7/h8,10H,3-6H2,1-2H3. The molecule has 10 heavy (non-hydrogen) atoms. The Labute approximate surface area is 62.0 Å². The lowest BCUT2D eigenvalue weighted by Gasteiger charge is -2.24. The monoisotopic (exact) mass is 144 g/mol. The van der Waals surface area contributed by atoms with Crippen LogP contribution in [0.15, 0.2) is 0 Å². The minimum Gasteiger partial charge on any atom is -0.388 e. The van der Waals surface area contributed by atoms with Gasteiger partial charge in [0.2, 0.25) is 0 Å². The summed E-state index contributed by atoms with van der Waals surface area (Å²) < 4.78 is 0. The molecule has 0 amide bonds. The van der Waals surface area contributed by atoms with E-state index in [1.165, 1.54) is 0 Å². The maximum atomic E-state index is 9.62. The minimum atomic E-state index is -0.550. The molecule has 1 unspecified atom stereocenters. The molecule has 60 valence electrons. The Bertz CT molecular complexity index is 114. The van der Waals surface area contributed by atoms with Crippen LogP contribution in [0.5, 0.6) is 0 Å². The van der Waals surface area contributed by atoms with Gasteiger partial charge < -0.3 is 15.3 Å². The van der Waals surface area contributed by atoms with Crippen LogP contribution in [0.2, 0.25) is 0 Å². The van der Waals surface area contributed by atoms with Gasteiger partial charge in [0.15, 0.2) is 0 Å². The van der Waals surface area contributed by atoms with Crippen LogP contribution < -0.4 is 5.32 Å². The lowest BCUT2D eigenvalue weighted by Crippen LogP contribution is -2.42. The van der Waals surface area contributed by atoms with Crippen molar-refractivity contribution in [2.45, 2.75) is 12.5 Å². The van der Waals surface area contributed by atoms with Crippen LogP contribution in [0.25, 0.3) is 0 Å². The molecule has 1 fully saturated rings. The summed E-state index contributed by atoms with van der Waals surface area (Å²) in [6, 6.07) is 0. The predicted octanol–water partition coefficient (Wildman–Crippen LogP) is -0.728. The van der Waals surface area contributed by atoms with Crippen molar-refractivity contribution < 1.29 is 5.11 Å². The van der Waals surface area contributed by atoms with Crippen molar-refractivity contribution in [3.8, 4) is 0 Å². The van der Waals surface area contributed by atoms with Gasteiger partial charge in [0.25, 0.3) is 0 Å². The number of hydrogen-bond acceptors (Lipinski definition) is 3. The first-order valence-corrected chi connectivity index (χ1v) is 3.72. The van der Waals surface area contributed by atoms with Crippen molar-refractivity contribution in [2.75, 3.05) is 33.2 Å². The fourth-order valence-electron chi connectivity index (χ4n) is 1.34. The quantitative estimate of drug-likeness (QED) is 0.470. The van der Waals surface area contributed by atoms with E-state index >= 15 is 0 Å². The summed E-state index contributed by atoms with van der Waals surface area (Å²) in [6.07, 6.45) is 0. The van der Waals surface area contributed by atoms with E-state index in [0.29, 0.717) is 6.54 Å². The first kappa shape index (κ1) is 7.98. The molecule has 1 aliphatic heterocycles. The van der Waals surface area contributed by atoms with E-state index in [2.05, 4.69) is 10.2 Å². The van der Waals surface area contributed by atoms with Crippen LogP contribution >= 0.6 is 0 Å². The normalized spacial score (nSPS) is 37.5. The van der Waals surface area contributed by atoms with Crippen molar-refractivity contribution in [3.63, 3.8) is 0 Å². The summed E-state index contributed by atoms with van der Waals surface area (Å²) in [5.41, 5.74) is -0.550. The average molecular weight is 144 g/mol. The van der Waals surface area contributed by atoms with Crippen molar-refractivity contribution in [3.05, 3.63) is 0 Å². The zero-order valence-electron chi connectivity index (χ0n) is 6.72. The van der Waals surface area contributed by atoms with E-state index in [1.807, 2.05) is 14.0 Å². The Hall–Kier alpha value is -0.120. The van der Waals surface area contributed by atoms with Gasteiger partial charge in [0, 0.05) is 26.2 Å². The zero-order chi connectivity index (χ0) is 7.61. The number of hydrogen-bond donors (Lipinski definition) is 2. The van der Waals surface area contributed by atoms with Crippen molar-refractivity contribution in [1.29, 1.82) is 0 Å². The highest BCUT2D eigenvalue weighted by Gasteiger charge is 2.23. The number of β-amino-alcohol motifs (C(OH)–C–C–N with tert-alkyl or cyclic N) is 1. The van der Waals surface area contributed by atoms with Crippen molar-refractivity contribution in [2.24, 2.45) is 0 Å². The van der Waals surface area contributed by atoms with E-state index < -0.39 is 5.60 Å². The van der Waals surface area contributed by atoms with E-state index in [0.717, 1.165) is 19.6 Å². The van der Waals surface area contributed by atoms with Gasteiger partial charge in [0.05, 0.1) is 5.60 Å². The molecule has 2 N–H and O–H groups in total. The Morgan fingerprint density at radius 3 is 3.00 bits per heavy atom. The summed E-state index contributed by atoms with van der Waals surface area (Å²) in [7, 11) is 2.03. The van der Waals surface area contributed by atoms with Crippen LogP contribution in [0.1, 0.15) is 6.92 Å². The zero-order valence-corrected chi connectivity index (χ0v) is 6.72. The van der Waals surface area contributed by atoms with Crippen LogP contribution in [-0.2, 0) is 0 Å². The number of nitrogens with one attached hydrogen (secondary N) is 1. The van der Waals surface area contributed by atoms with Gasteiger partial charge in [0.1, 0.15) is 0 Å². The molecule has 0 radical (unpaired) electrons. The number of likely N-dealkylation sites (N-methyl/N-ethyl adjacent to an activating group) is 1. The molecule has 0 aromatic rings. The highest BCUT2D eigenvalue weighted by molar-refractivity contribution is 4.81. The van der Waals surface area contributed by atoms with Crippen LogP contribution in [0, 0.1) is 0 Å². The van der Waals surface area contributed by atoms with E-state index in [-0.39, 0.29) is 0 Å². The molecule has 1 heterocycles. The van der Waals surface area contributed by atoms with Gasteiger partial charge in [-0.3, -0.25) is 0 Å². The maximum Gasteiger partial charge on any atom is 0.0869 e. The van der Waals surface area contributed by atoms with Crippen LogP contribution in [-0.4, -0.2) is 48.8 Å². The summed E-state index contributed by atoms with van der Waals surface area (Å²) in [5, 5.41) is 12.8. The van der Waals surface area contributed by atoms with Crippen molar-refractivity contribution in [1.82, 2.24) is 10.2 Å². The van der Waals surface area contributed by atoms with Gasteiger partial charge in [-0.05, 0) is 14.0 Å². The molecule has 1 rings (SSSR count). The van der Waals surface area contributed by atoms with Gasteiger partial charge >= 0.3 is 0 Å². The molecule has 1 saturated heterocycles. The van der Waals surface area contributed by atoms with E-state index in [9.17, 15) is 5.11 Å². The summed E-state index contributed by atoms with van der Waals surface area (Å²) in [5.74, 6) is 0. The molecule has 1 aliphatic rings. The molecule has 1 atom stereocenters. The Morgan fingerprint density at radius 1 is 1.60 bits per heavy atom. The maximum absolute atomic E-state index is 9.62. The highest BCUT2D eigenvalue weighted by Crippen LogP contribution is 2.05. The molecule has 3 heteroatoms. The average Bonchev–Trinajstić information content (AvgIpc) is 1.90. The highest BCUT2D eigenvalue weighted by atomic mass is 16.3. The van der Waals surface area contributed by atoms with Gasteiger partial charge in [-0.1, -0.05) is 0 Å². The Balaban J connectivity index is 2.46. The van der Waals surface area contributed by atoms with Gasteiger partial charge in [-0.2, -0.15) is 0 Å². The number of rotatable bonds is 0. The summed E-state index contributed by atoms with van der Waals surface area (Å²) >= 11 is 0. The molecule has 0 saturated carbocycles. The molecule has 0 spiro atoms. The third-order valence-corrected chi connectivity index (χ3v) is 1.79. The lowest BCUT2D eigenvalue weighted by atomic mass is 10.1. The van der Waals surface area contributed by atoms with Gasteiger partial charge in [-0.25, -0.2) is 0 Å². The Kier molecular flexibility index (Phi) is 2.28. The summed E-state index contributed by atoms with van der Waals surface area (Å²) in [6.45, 7) is 5.34. The number of nitrogens with zero attached hydrogens (tertiary/aromatic N) is 1. The Morgan fingerprint density at radius 2 is 2.30 bits per heavy atom. The summed E-state index contributed by atoms with van der Waals surface area (Å²) in [4.78, 5) is 2.14.